The second kappa shape index (κ2) is 8.43. The van der Waals surface area contributed by atoms with Gasteiger partial charge in [-0.2, -0.15) is 0 Å². The monoisotopic (exact) mass is 289 g/mol. The van der Waals surface area contributed by atoms with Crippen molar-refractivity contribution in [2.24, 2.45) is 5.92 Å². The molecule has 2 nitrogen and oxygen atoms in total. The van der Waals surface area contributed by atoms with E-state index in [1.165, 1.54) is 50.5 Å². The maximum Gasteiger partial charge on any atom is 0.118 e. The fourth-order valence-electron chi connectivity index (χ4n) is 3.11. The average Bonchev–Trinajstić information content (AvgIpc) is 3.35. The van der Waals surface area contributed by atoms with Crippen LogP contribution in [0.1, 0.15) is 70.4 Å². The molecule has 1 N–H and O–H groups in total. The smallest absolute Gasteiger partial charge is 0.118 e. The largest absolute Gasteiger partial charge is 0.497 e. The molecular weight excluding hydrogens is 258 g/mol. The van der Waals surface area contributed by atoms with Gasteiger partial charge in [-0.15, -0.1) is 0 Å². The predicted octanol–water partition coefficient (Wildman–Crippen LogP) is 5.09. The highest BCUT2D eigenvalue weighted by atomic mass is 16.5. The number of methoxy groups -OCH3 is 1. The van der Waals surface area contributed by atoms with Gasteiger partial charge in [-0.1, -0.05) is 45.2 Å². The fourth-order valence-corrected chi connectivity index (χ4v) is 3.11. The Morgan fingerprint density at radius 1 is 1.10 bits per heavy atom. The average molecular weight is 289 g/mol. The van der Waals surface area contributed by atoms with Gasteiger partial charge in [0.1, 0.15) is 5.75 Å². The van der Waals surface area contributed by atoms with Crippen LogP contribution in [0.2, 0.25) is 0 Å². The lowest BCUT2D eigenvalue weighted by Crippen LogP contribution is -2.34. The molecular formula is C19H31NO. The Balaban J connectivity index is 2.02. The molecule has 2 heteroatoms. The molecule has 1 aliphatic carbocycles. The second-order valence-corrected chi connectivity index (χ2v) is 6.38. The molecule has 118 valence electrons. The van der Waals surface area contributed by atoms with Crippen molar-refractivity contribution in [1.29, 1.82) is 0 Å². The molecule has 1 aromatic carbocycles. The molecule has 0 saturated heterocycles. The summed E-state index contributed by atoms with van der Waals surface area (Å²) in [4.78, 5) is 0. The van der Waals surface area contributed by atoms with Crippen LogP contribution in [-0.2, 0) is 0 Å². The van der Waals surface area contributed by atoms with Crippen LogP contribution >= 0.6 is 0 Å². The minimum atomic E-state index is 0.532. The summed E-state index contributed by atoms with van der Waals surface area (Å²) < 4.78 is 5.28. The molecule has 0 radical (unpaired) electrons. The van der Waals surface area contributed by atoms with E-state index in [2.05, 4.69) is 43.4 Å². The van der Waals surface area contributed by atoms with E-state index < -0.39 is 0 Å². The fraction of sp³-hybridized carbons (Fsp3) is 0.684. The number of hydrogen-bond acceptors (Lipinski definition) is 2. The van der Waals surface area contributed by atoms with Crippen LogP contribution in [0.5, 0.6) is 5.75 Å². The minimum Gasteiger partial charge on any atom is -0.497 e. The Morgan fingerprint density at radius 2 is 1.81 bits per heavy atom. The van der Waals surface area contributed by atoms with Gasteiger partial charge in [-0.25, -0.2) is 0 Å². The van der Waals surface area contributed by atoms with Gasteiger partial charge in [0.05, 0.1) is 7.11 Å². The number of nitrogens with one attached hydrogen (secondary N) is 1. The van der Waals surface area contributed by atoms with Gasteiger partial charge in [0.25, 0.3) is 0 Å². The van der Waals surface area contributed by atoms with Crippen LogP contribution in [0.15, 0.2) is 24.3 Å². The van der Waals surface area contributed by atoms with E-state index in [1.54, 1.807) is 7.11 Å². The number of unbranched alkanes of at least 4 members (excludes halogenated alkanes) is 1. The zero-order valence-electron chi connectivity index (χ0n) is 13.9. The Bertz CT molecular complexity index is 397. The highest BCUT2D eigenvalue weighted by molar-refractivity contribution is 5.30. The summed E-state index contributed by atoms with van der Waals surface area (Å²) in [6.07, 6.45) is 9.23. The van der Waals surface area contributed by atoms with E-state index in [9.17, 15) is 0 Å². The van der Waals surface area contributed by atoms with E-state index in [0.29, 0.717) is 12.1 Å². The van der Waals surface area contributed by atoms with Crippen molar-refractivity contribution in [3.63, 3.8) is 0 Å². The van der Waals surface area contributed by atoms with Gasteiger partial charge < -0.3 is 10.1 Å². The summed E-state index contributed by atoms with van der Waals surface area (Å²) in [7, 11) is 1.73. The molecule has 0 aromatic heterocycles. The highest BCUT2D eigenvalue weighted by Gasteiger charge is 2.33. The second-order valence-electron chi connectivity index (χ2n) is 6.38. The van der Waals surface area contributed by atoms with Crippen LogP contribution in [-0.4, -0.2) is 13.2 Å². The van der Waals surface area contributed by atoms with Gasteiger partial charge in [0.2, 0.25) is 0 Å². The van der Waals surface area contributed by atoms with Crippen LogP contribution in [0.25, 0.3) is 0 Å². The van der Waals surface area contributed by atoms with Gasteiger partial charge in [0, 0.05) is 12.1 Å². The topological polar surface area (TPSA) is 21.3 Å². The Hall–Kier alpha value is -1.02. The molecule has 0 spiro atoms. The van der Waals surface area contributed by atoms with Crippen LogP contribution in [0.4, 0.5) is 0 Å². The first-order chi connectivity index (χ1) is 10.3. The number of rotatable bonds is 10. The Morgan fingerprint density at radius 3 is 2.33 bits per heavy atom. The quantitative estimate of drug-likeness (QED) is 0.647. The zero-order chi connectivity index (χ0) is 15.1. The van der Waals surface area contributed by atoms with Gasteiger partial charge in [-0.3, -0.25) is 0 Å². The zero-order valence-corrected chi connectivity index (χ0v) is 13.9. The van der Waals surface area contributed by atoms with Crippen LogP contribution < -0.4 is 10.1 Å². The normalized spacial score (nSPS) is 17.5. The molecule has 1 aromatic rings. The van der Waals surface area contributed by atoms with E-state index >= 15 is 0 Å². The third kappa shape index (κ3) is 5.03. The SMILES string of the molecule is CCCCC(CCC)NC(c1ccc(OC)cc1)C1CC1. The Kier molecular flexibility index (Phi) is 6.56. The van der Waals surface area contributed by atoms with Crippen LogP contribution in [0, 0.1) is 5.92 Å². The van der Waals surface area contributed by atoms with E-state index in [1.807, 2.05) is 0 Å². The van der Waals surface area contributed by atoms with Crippen molar-refractivity contribution >= 4 is 0 Å². The van der Waals surface area contributed by atoms with Gasteiger partial charge in [-0.05, 0) is 49.3 Å². The molecule has 1 aliphatic rings. The standard InChI is InChI=1S/C19H31NO/c1-4-6-8-17(7-5-2)20-19(15-9-10-15)16-11-13-18(21-3)14-12-16/h11-15,17,19-20H,4-10H2,1-3H3. The summed E-state index contributed by atoms with van der Waals surface area (Å²) in [5.74, 6) is 1.78. The molecule has 2 unspecified atom stereocenters. The first kappa shape index (κ1) is 16.4. The molecule has 0 aliphatic heterocycles. The summed E-state index contributed by atoms with van der Waals surface area (Å²) in [6.45, 7) is 4.57. The molecule has 0 bridgehead atoms. The van der Waals surface area contributed by atoms with E-state index in [0.717, 1.165) is 11.7 Å². The van der Waals surface area contributed by atoms with Crippen LogP contribution in [0.3, 0.4) is 0 Å². The van der Waals surface area contributed by atoms with Crippen molar-refractivity contribution in [2.45, 2.75) is 70.9 Å². The third-order valence-corrected chi connectivity index (χ3v) is 4.53. The number of ether oxygens (including phenoxy) is 1. The summed E-state index contributed by atoms with van der Waals surface area (Å²) in [5.41, 5.74) is 1.43. The van der Waals surface area contributed by atoms with E-state index in [-0.39, 0.29) is 0 Å². The minimum absolute atomic E-state index is 0.532. The van der Waals surface area contributed by atoms with Crippen molar-refractivity contribution in [2.75, 3.05) is 7.11 Å². The predicted molar refractivity (Wildman–Crippen MR) is 89.8 cm³/mol. The maximum atomic E-state index is 5.28. The summed E-state index contributed by atoms with van der Waals surface area (Å²) in [5, 5.41) is 3.96. The summed E-state index contributed by atoms with van der Waals surface area (Å²) >= 11 is 0. The lowest BCUT2D eigenvalue weighted by atomic mass is 9.98. The third-order valence-electron chi connectivity index (χ3n) is 4.53. The molecule has 0 amide bonds. The molecule has 1 fully saturated rings. The van der Waals surface area contributed by atoms with Crippen molar-refractivity contribution < 1.29 is 4.74 Å². The molecule has 21 heavy (non-hydrogen) atoms. The lowest BCUT2D eigenvalue weighted by Gasteiger charge is -2.26. The molecule has 1 saturated carbocycles. The number of hydrogen-bond donors (Lipinski definition) is 1. The number of benzene rings is 1. The first-order valence-corrected chi connectivity index (χ1v) is 8.68. The van der Waals surface area contributed by atoms with E-state index in [4.69, 9.17) is 4.74 Å². The van der Waals surface area contributed by atoms with Gasteiger partial charge in [0.15, 0.2) is 0 Å². The van der Waals surface area contributed by atoms with Crippen molar-refractivity contribution in [1.82, 2.24) is 5.32 Å². The Labute approximate surface area is 130 Å². The first-order valence-electron chi connectivity index (χ1n) is 8.68. The van der Waals surface area contributed by atoms with Gasteiger partial charge >= 0.3 is 0 Å². The maximum absolute atomic E-state index is 5.28. The highest BCUT2D eigenvalue weighted by Crippen LogP contribution is 2.41. The summed E-state index contributed by atoms with van der Waals surface area (Å²) in [6, 6.07) is 9.85. The molecule has 2 rings (SSSR count). The van der Waals surface area contributed by atoms with Crippen molar-refractivity contribution in [3.05, 3.63) is 29.8 Å². The molecule has 2 atom stereocenters. The lowest BCUT2D eigenvalue weighted by molar-refractivity contribution is 0.360. The molecule has 0 heterocycles. The van der Waals surface area contributed by atoms with Crippen molar-refractivity contribution in [3.8, 4) is 5.75 Å².